The standard InChI is InChI=1S/C19H11Cl2N3O2/c20-12-3-1-2-11(8-12)18(25)23-13-4-5-14(15(21)9-13)19-24-16-10-22-7-6-17(16)26-19/h1-10H,(H,23,25). The summed E-state index contributed by atoms with van der Waals surface area (Å²) in [5.41, 5.74) is 2.93. The van der Waals surface area contributed by atoms with E-state index in [2.05, 4.69) is 15.3 Å². The van der Waals surface area contributed by atoms with E-state index in [0.29, 0.717) is 43.9 Å². The summed E-state index contributed by atoms with van der Waals surface area (Å²) in [5.74, 6) is 0.120. The summed E-state index contributed by atoms with van der Waals surface area (Å²) in [4.78, 5) is 20.7. The highest BCUT2D eigenvalue weighted by atomic mass is 35.5. The SMILES string of the molecule is O=C(Nc1ccc(-c2nc3cnccc3o2)c(Cl)c1)c1cccc(Cl)c1. The van der Waals surface area contributed by atoms with Gasteiger partial charge in [0.05, 0.1) is 16.8 Å². The van der Waals surface area contributed by atoms with E-state index >= 15 is 0 Å². The lowest BCUT2D eigenvalue weighted by Crippen LogP contribution is -2.11. The van der Waals surface area contributed by atoms with E-state index in [-0.39, 0.29) is 5.91 Å². The Bertz CT molecular complexity index is 1090. The first-order chi connectivity index (χ1) is 12.6. The maximum absolute atomic E-state index is 12.3. The molecule has 4 aromatic rings. The number of fused-ring (bicyclic) bond motifs is 1. The molecule has 1 amide bonds. The van der Waals surface area contributed by atoms with Crippen LogP contribution in [0.2, 0.25) is 10.0 Å². The molecule has 4 rings (SSSR count). The van der Waals surface area contributed by atoms with Crippen molar-refractivity contribution >= 4 is 45.9 Å². The molecule has 2 aromatic heterocycles. The Morgan fingerprint density at radius 1 is 1.08 bits per heavy atom. The van der Waals surface area contributed by atoms with E-state index in [1.54, 1.807) is 60.9 Å². The molecule has 0 saturated carbocycles. The van der Waals surface area contributed by atoms with Crippen LogP contribution in [0.3, 0.4) is 0 Å². The Morgan fingerprint density at radius 2 is 1.96 bits per heavy atom. The third-order valence-electron chi connectivity index (χ3n) is 3.73. The number of nitrogens with zero attached hydrogens (tertiary/aromatic N) is 2. The number of hydrogen-bond acceptors (Lipinski definition) is 4. The number of hydrogen-bond donors (Lipinski definition) is 1. The van der Waals surface area contributed by atoms with Crippen molar-refractivity contribution in [3.05, 3.63) is 76.5 Å². The van der Waals surface area contributed by atoms with Crippen LogP contribution in [-0.2, 0) is 0 Å². The quantitative estimate of drug-likeness (QED) is 0.510. The molecule has 0 aliphatic carbocycles. The molecule has 128 valence electrons. The van der Waals surface area contributed by atoms with Crippen molar-refractivity contribution in [1.29, 1.82) is 0 Å². The maximum atomic E-state index is 12.3. The number of aromatic nitrogens is 2. The average Bonchev–Trinajstić information content (AvgIpc) is 3.05. The van der Waals surface area contributed by atoms with Crippen molar-refractivity contribution in [3.63, 3.8) is 0 Å². The van der Waals surface area contributed by atoms with Crippen molar-refractivity contribution in [3.8, 4) is 11.5 Å². The van der Waals surface area contributed by atoms with Crippen LogP contribution in [-0.4, -0.2) is 15.9 Å². The van der Waals surface area contributed by atoms with E-state index in [1.165, 1.54) is 0 Å². The first kappa shape index (κ1) is 16.6. The molecule has 2 heterocycles. The summed E-state index contributed by atoms with van der Waals surface area (Å²) in [6.07, 6.45) is 3.25. The van der Waals surface area contributed by atoms with Gasteiger partial charge in [0.1, 0.15) is 5.52 Å². The highest BCUT2D eigenvalue weighted by molar-refractivity contribution is 6.33. The normalized spacial score (nSPS) is 10.8. The second kappa shape index (κ2) is 6.78. The second-order valence-corrected chi connectivity index (χ2v) is 6.37. The number of carbonyl (C=O) groups excluding carboxylic acids is 1. The topological polar surface area (TPSA) is 68.0 Å². The maximum Gasteiger partial charge on any atom is 0.255 e. The van der Waals surface area contributed by atoms with Crippen LogP contribution in [0.25, 0.3) is 22.6 Å². The molecule has 0 spiro atoms. The van der Waals surface area contributed by atoms with E-state index in [0.717, 1.165) is 0 Å². The fourth-order valence-corrected chi connectivity index (χ4v) is 2.95. The first-order valence-corrected chi connectivity index (χ1v) is 8.43. The molecule has 7 heteroatoms. The third-order valence-corrected chi connectivity index (χ3v) is 4.28. The summed E-state index contributed by atoms with van der Waals surface area (Å²) in [7, 11) is 0. The Kier molecular flexibility index (Phi) is 4.32. The predicted molar refractivity (Wildman–Crippen MR) is 102 cm³/mol. The highest BCUT2D eigenvalue weighted by Crippen LogP contribution is 2.32. The predicted octanol–water partition coefficient (Wildman–Crippen LogP) is 5.45. The minimum atomic E-state index is -0.274. The molecule has 0 aliphatic heterocycles. The van der Waals surface area contributed by atoms with Gasteiger partial charge >= 0.3 is 0 Å². The average molecular weight is 384 g/mol. The number of rotatable bonds is 3. The van der Waals surface area contributed by atoms with Gasteiger partial charge in [-0.05, 0) is 36.4 Å². The summed E-state index contributed by atoms with van der Waals surface area (Å²) in [6, 6.07) is 13.6. The van der Waals surface area contributed by atoms with E-state index in [9.17, 15) is 4.79 Å². The van der Waals surface area contributed by atoms with Crippen LogP contribution in [0.1, 0.15) is 10.4 Å². The summed E-state index contributed by atoms with van der Waals surface area (Å²) >= 11 is 12.3. The second-order valence-electron chi connectivity index (χ2n) is 5.52. The summed E-state index contributed by atoms with van der Waals surface area (Å²) in [6.45, 7) is 0. The number of amides is 1. The zero-order chi connectivity index (χ0) is 18.1. The van der Waals surface area contributed by atoms with Crippen LogP contribution in [0.5, 0.6) is 0 Å². The Balaban J connectivity index is 1.60. The van der Waals surface area contributed by atoms with Crippen LogP contribution in [0.4, 0.5) is 5.69 Å². The zero-order valence-electron chi connectivity index (χ0n) is 13.2. The van der Waals surface area contributed by atoms with Gasteiger partial charge in [-0.25, -0.2) is 4.98 Å². The fraction of sp³-hybridized carbons (Fsp3) is 0. The molecule has 0 atom stereocenters. The Morgan fingerprint density at radius 3 is 2.73 bits per heavy atom. The number of carbonyl (C=O) groups is 1. The molecule has 0 bridgehead atoms. The largest absolute Gasteiger partial charge is 0.436 e. The third kappa shape index (κ3) is 3.27. The van der Waals surface area contributed by atoms with Crippen molar-refractivity contribution in [2.75, 3.05) is 5.32 Å². The molecular weight excluding hydrogens is 373 g/mol. The van der Waals surface area contributed by atoms with Crippen molar-refractivity contribution in [1.82, 2.24) is 9.97 Å². The minimum Gasteiger partial charge on any atom is -0.436 e. The molecule has 0 unspecified atom stereocenters. The van der Waals surface area contributed by atoms with Gasteiger partial charge in [0, 0.05) is 28.5 Å². The Hall–Kier alpha value is -2.89. The molecule has 0 saturated heterocycles. The summed E-state index contributed by atoms with van der Waals surface area (Å²) < 4.78 is 5.70. The van der Waals surface area contributed by atoms with Gasteiger partial charge < -0.3 is 9.73 Å². The lowest BCUT2D eigenvalue weighted by atomic mass is 10.1. The number of benzene rings is 2. The molecule has 2 aromatic carbocycles. The first-order valence-electron chi connectivity index (χ1n) is 7.67. The number of anilines is 1. The lowest BCUT2D eigenvalue weighted by Gasteiger charge is -2.07. The van der Waals surface area contributed by atoms with Gasteiger partial charge in [0.15, 0.2) is 5.58 Å². The van der Waals surface area contributed by atoms with Gasteiger partial charge in [-0.2, -0.15) is 0 Å². The monoisotopic (exact) mass is 383 g/mol. The fourth-order valence-electron chi connectivity index (χ4n) is 2.49. The van der Waals surface area contributed by atoms with E-state index in [4.69, 9.17) is 27.6 Å². The van der Waals surface area contributed by atoms with Crippen molar-refractivity contribution in [2.24, 2.45) is 0 Å². The van der Waals surface area contributed by atoms with Gasteiger partial charge in [-0.1, -0.05) is 29.3 Å². The molecule has 0 fully saturated rings. The van der Waals surface area contributed by atoms with Crippen molar-refractivity contribution in [2.45, 2.75) is 0 Å². The zero-order valence-corrected chi connectivity index (χ0v) is 14.8. The molecule has 26 heavy (non-hydrogen) atoms. The Labute approximate surface area is 158 Å². The van der Waals surface area contributed by atoms with Gasteiger partial charge in [0.25, 0.3) is 5.91 Å². The number of oxazole rings is 1. The number of nitrogens with one attached hydrogen (secondary N) is 1. The van der Waals surface area contributed by atoms with Crippen LogP contribution in [0, 0.1) is 0 Å². The van der Waals surface area contributed by atoms with Crippen LogP contribution in [0.15, 0.2) is 65.3 Å². The lowest BCUT2D eigenvalue weighted by molar-refractivity contribution is 0.102. The molecular formula is C19H11Cl2N3O2. The number of pyridine rings is 1. The molecule has 0 aliphatic rings. The smallest absolute Gasteiger partial charge is 0.255 e. The molecule has 0 radical (unpaired) electrons. The van der Waals surface area contributed by atoms with Gasteiger partial charge in [0.2, 0.25) is 5.89 Å². The van der Waals surface area contributed by atoms with Crippen molar-refractivity contribution < 1.29 is 9.21 Å². The van der Waals surface area contributed by atoms with E-state index < -0.39 is 0 Å². The molecule has 1 N–H and O–H groups in total. The van der Waals surface area contributed by atoms with Crippen LogP contribution >= 0.6 is 23.2 Å². The van der Waals surface area contributed by atoms with Gasteiger partial charge in [-0.15, -0.1) is 0 Å². The minimum absolute atomic E-state index is 0.274. The van der Waals surface area contributed by atoms with Gasteiger partial charge in [-0.3, -0.25) is 9.78 Å². The number of halogens is 2. The van der Waals surface area contributed by atoms with Crippen LogP contribution < -0.4 is 5.32 Å². The molecule has 5 nitrogen and oxygen atoms in total. The highest BCUT2D eigenvalue weighted by Gasteiger charge is 2.13. The summed E-state index contributed by atoms with van der Waals surface area (Å²) in [5, 5.41) is 3.70. The van der Waals surface area contributed by atoms with E-state index in [1.807, 2.05) is 0 Å².